The second kappa shape index (κ2) is 8.65. The normalized spacial score (nSPS) is 16.1. The highest BCUT2D eigenvalue weighted by atomic mass is 35.5. The van der Waals surface area contributed by atoms with Gasteiger partial charge in [0, 0.05) is 42.2 Å². The minimum Gasteiger partial charge on any atom is -0.487 e. The monoisotopic (exact) mass is 418 g/mol. The van der Waals surface area contributed by atoms with E-state index in [9.17, 15) is 9.90 Å². The highest BCUT2D eigenvalue weighted by Gasteiger charge is 2.31. The number of amides is 1. The van der Waals surface area contributed by atoms with E-state index in [0.717, 1.165) is 5.56 Å². The molecule has 1 unspecified atom stereocenters. The number of carbonyl (C=O) groups is 1. The quantitative estimate of drug-likeness (QED) is 0.758. The first kappa shape index (κ1) is 20.9. The Kier molecular flexibility index (Phi) is 6.22. The lowest BCUT2D eigenvalue weighted by molar-refractivity contribution is 0.0471. The molecule has 1 amide bonds. The first-order valence-electron chi connectivity index (χ1n) is 9.15. The number of nitrogens with zero attached hydrogens (tertiary/aromatic N) is 4. The van der Waals surface area contributed by atoms with Crippen molar-refractivity contribution in [2.24, 2.45) is 5.16 Å². The fourth-order valence-electron chi connectivity index (χ4n) is 2.88. The first-order valence-corrected chi connectivity index (χ1v) is 9.52. The summed E-state index contributed by atoms with van der Waals surface area (Å²) in [5.41, 5.74) is 1.57. The van der Waals surface area contributed by atoms with Crippen molar-refractivity contribution < 1.29 is 19.5 Å². The third-order valence-corrected chi connectivity index (χ3v) is 4.56. The summed E-state index contributed by atoms with van der Waals surface area (Å²) >= 11 is 6.08. The fourth-order valence-corrected chi connectivity index (χ4v) is 3.02. The molecular weight excluding hydrogens is 396 g/mol. The molecule has 1 aliphatic rings. The number of hydrogen-bond donors (Lipinski definition) is 1. The molecule has 8 nitrogen and oxygen atoms in total. The number of oxime groups is 1. The number of aromatic nitrogens is 2. The Labute approximate surface area is 174 Å². The summed E-state index contributed by atoms with van der Waals surface area (Å²) in [7, 11) is 0. The predicted molar refractivity (Wildman–Crippen MR) is 109 cm³/mol. The molecule has 29 heavy (non-hydrogen) atoms. The van der Waals surface area contributed by atoms with E-state index in [1.807, 2.05) is 32.9 Å². The van der Waals surface area contributed by atoms with Crippen LogP contribution in [0.25, 0.3) is 11.3 Å². The molecule has 154 valence electrons. The second-order valence-electron chi connectivity index (χ2n) is 7.68. The molecule has 0 bridgehead atoms. The van der Waals surface area contributed by atoms with Gasteiger partial charge in [-0.15, -0.1) is 0 Å². The van der Waals surface area contributed by atoms with Gasteiger partial charge in [0.05, 0.1) is 17.3 Å². The van der Waals surface area contributed by atoms with E-state index < -0.39 is 11.6 Å². The number of halogens is 1. The smallest absolute Gasteiger partial charge is 0.408 e. The van der Waals surface area contributed by atoms with Crippen molar-refractivity contribution in [1.29, 1.82) is 0 Å². The SMILES string of the molecule is CC(C)(C)N(CC1=NOC(COc2cc(Cl)cnc2-c2cccnc2)C1)C(=O)O. The van der Waals surface area contributed by atoms with Crippen LogP contribution in [0.1, 0.15) is 27.2 Å². The van der Waals surface area contributed by atoms with Gasteiger partial charge in [-0.1, -0.05) is 16.8 Å². The van der Waals surface area contributed by atoms with Crippen LogP contribution in [0, 0.1) is 0 Å². The lowest BCUT2D eigenvalue weighted by Gasteiger charge is -2.32. The van der Waals surface area contributed by atoms with Crippen LogP contribution in [0.2, 0.25) is 5.02 Å². The molecule has 3 rings (SSSR count). The summed E-state index contributed by atoms with van der Waals surface area (Å²) in [4.78, 5) is 26.7. The Bertz CT molecular complexity index is 899. The lowest BCUT2D eigenvalue weighted by Crippen LogP contribution is -2.47. The van der Waals surface area contributed by atoms with Gasteiger partial charge in [0.2, 0.25) is 0 Å². The first-order chi connectivity index (χ1) is 13.7. The molecule has 1 atom stereocenters. The number of carboxylic acid groups (broad SMARTS) is 1. The van der Waals surface area contributed by atoms with E-state index in [1.165, 1.54) is 4.90 Å². The molecule has 0 saturated heterocycles. The Hall–Kier alpha value is -2.87. The van der Waals surface area contributed by atoms with E-state index in [2.05, 4.69) is 15.1 Å². The summed E-state index contributed by atoms with van der Waals surface area (Å²) in [5, 5.41) is 13.9. The Balaban J connectivity index is 1.63. The van der Waals surface area contributed by atoms with E-state index in [0.29, 0.717) is 28.6 Å². The molecule has 9 heteroatoms. The molecule has 3 heterocycles. The van der Waals surface area contributed by atoms with Crippen LogP contribution in [-0.4, -0.2) is 56.6 Å². The summed E-state index contributed by atoms with van der Waals surface area (Å²) in [6.07, 6.45) is 4.10. The third-order valence-electron chi connectivity index (χ3n) is 4.35. The van der Waals surface area contributed by atoms with E-state index in [-0.39, 0.29) is 19.3 Å². The van der Waals surface area contributed by atoms with Crippen LogP contribution >= 0.6 is 11.6 Å². The molecule has 0 aliphatic carbocycles. The van der Waals surface area contributed by atoms with Crippen molar-refractivity contribution in [3.8, 4) is 17.0 Å². The van der Waals surface area contributed by atoms with Gasteiger partial charge in [0.1, 0.15) is 18.1 Å². The summed E-state index contributed by atoms with van der Waals surface area (Å²) in [5.74, 6) is 0.518. The minimum atomic E-state index is -0.994. The molecule has 0 aromatic carbocycles. The zero-order chi connectivity index (χ0) is 21.0. The zero-order valence-electron chi connectivity index (χ0n) is 16.5. The van der Waals surface area contributed by atoms with Crippen molar-refractivity contribution >= 4 is 23.4 Å². The Morgan fingerprint density at radius 3 is 2.86 bits per heavy atom. The molecule has 0 saturated carbocycles. The van der Waals surface area contributed by atoms with Crippen LogP contribution < -0.4 is 4.74 Å². The van der Waals surface area contributed by atoms with Gasteiger partial charge in [-0.25, -0.2) is 4.79 Å². The molecule has 1 aliphatic heterocycles. The van der Waals surface area contributed by atoms with E-state index >= 15 is 0 Å². The molecule has 0 radical (unpaired) electrons. The average molecular weight is 419 g/mol. The number of pyridine rings is 2. The van der Waals surface area contributed by atoms with Gasteiger partial charge in [-0.05, 0) is 32.9 Å². The van der Waals surface area contributed by atoms with Crippen molar-refractivity contribution in [3.63, 3.8) is 0 Å². The summed E-state index contributed by atoms with van der Waals surface area (Å²) in [6.45, 7) is 5.93. The number of rotatable bonds is 6. The summed E-state index contributed by atoms with van der Waals surface area (Å²) < 4.78 is 5.92. The van der Waals surface area contributed by atoms with Crippen molar-refractivity contribution in [2.45, 2.75) is 38.8 Å². The minimum absolute atomic E-state index is 0.189. The maximum atomic E-state index is 11.5. The molecular formula is C20H23ClN4O4. The van der Waals surface area contributed by atoms with E-state index in [1.54, 1.807) is 24.7 Å². The highest BCUT2D eigenvalue weighted by molar-refractivity contribution is 6.30. The van der Waals surface area contributed by atoms with Crippen molar-refractivity contribution in [1.82, 2.24) is 14.9 Å². The van der Waals surface area contributed by atoms with Gasteiger partial charge in [-0.3, -0.25) is 14.9 Å². The maximum Gasteiger partial charge on any atom is 0.408 e. The van der Waals surface area contributed by atoms with Gasteiger partial charge in [-0.2, -0.15) is 0 Å². The molecule has 0 fully saturated rings. The van der Waals surface area contributed by atoms with Crippen molar-refractivity contribution in [3.05, 3.63) is 41.8 Å². The van der Waals surface area contributed by atoms with Gasteiger partial charge < -0.3 is 14.7 Å². The van der Waals surface area contributed by atoms with Gasteiger partial charge in [0.25, 0.3) is 0 Å². The van der Waals surface area contributed by atoms with Crippen LogP contribution in [0.4, 0.5) is 4.79 Å². The Morgan fingerprint density at radius 2 is 2.21 bits per heavy atom. The zero-order valence-corrected chi connectivity index (χ0v) is 17.3. The largest absolute Gasteiger partial charge is 0.487 e. The topological polar surface area (TPSA) is 97.1 Å². The molecule has 1 N–H and O–H groups in total. The van der Waals surface area contributed by atoms with Gasteiger partial charge in [0.15, 0.2) is 6.10 Å². The third kappa shape index (κ3) is 5.35. The maximum absolute atomic E-state index is 11.5. The molecule has 2 aromatic rings. The molecule has 0 spiro atoms. The predicted octanol–water partition coefficient (Wildman–Crippen LogP) is 4.10. The van der Waals surface area contributed by atoms with E-state index in [4.69, 9.17) is 21.2 Å². The standard InChI is InChI=1S/C20H23ClN4O4/c1-20(2,3)25(19(26)27)11-15-8-16(29-24-15)12-28-17-7-14(21)10-23-18(17)13-5-4-6-22-9-13/h4-7,9-10,16H,8,11-12H2,1-3H3,(H,26,27). The Morgan fingerprint density at radius 1 is 1.41 bits per heavy atom. The molecule has 2 aromatic heterocycles. The highest BCUT2D eigenvalue weighted by Crippen LogP contribution is 2.30. The van der Waals surface area contributed by atoms with Crippen LogP contribution in [0.3, 0.4) is 0 Å². The second-order valence-corrected chi connectivity index (χ2v) is 8.12. The number of hydrogen-bond acceptors (Lipinski definition) is 6. The van der Waals surface area contributed by atoms with Gasteiger partial charge >= 0.3 is 6.09 Å². The van der Waals surface area contributed by atoms with Crippen LogP contribution in [0.15, 0.2) is 41.9 Å². The fraction of sp³-hybridized carbons (Fsp3) is 0.400. The van der Waals surface area contributed by atoms with Crippen LogP contribution in [-0.2, 0) is 4.84 Å². The van der Waals surface area contributed by atoms with Crippen LogP contribution in [0.5, 0.6) is 5.75 Å². The lowest BCUT2D eigenvalue weighted by atomic mass is 10.1. The average Bonchev–Trinajstić information content (AvgIpc) is 3.12. The summed E-state index contributed by atoms with van der Waals surface area (Å²) in [6, 6.07) is 5.40. The van der Waals surface area contributed by atoms with Crippen molar-refractivity contribution in [2.75, 3.05) is 13.2 Å². The number of ether oxygens (including phenoxy) is 1.